The molecule has 2 aromatic carbocycles. The summed E-state index contributed by atoms with van der Waals surface area (Å²) in [5, 5.41) is 0.893. The Bertz CT molecular complexity index is 887. The van der Waals surface area contributed by atoms with E-state index in [4.69, 9.17) is 0 Å². The van der Waals surface area contributed by atoms with Crippen LogP contribution in [0.4, 0.5) is 0 Å². The lowest BCUT2D eigenvalue weighted by atomic mass is 9.87. The molecule has 3 nitrogen and oxygen atoms in total. The number of carbonyl (C=O) groups is 1. The highest BCUT2D eigenvalue weighted by Crippen LogP contribution is 2.23. The highest BCUT2D eigenvalue weighted by molar-refractivity contribution is 6.05. The SMILES string of the molecule is CN(Cc1ccc(C(C)(C)C)cc1)C(=O)c1ccnc2ccccc12. The minimum Gasteiger partial charge on any atom is -0.337 e. The Kier molecular flexibility index (Phi) is 4.58. The summed E-state index contributed by atoms with van der Waals surface area (Å²) in [7, 11) is 1.84. The molecule has 1 heterocycles. The maximum absolute atomic E-state index is 12.9. The minimum atomic E-state index is 0.0125. The second kappa shape index (κ2) is 6.67. The molecule has 0 bridgehead atoms. The molecular formula is C22H24N2O. The topological polar surface area (TPSA) is 33.2 Å². The quantitative estimate of drug-likeness (QED) is 0.690. The third kappa shape index (κ3) is 3.71. The Labute approximate surface area is 149 Å². The lowest BCUT2D eigenvalue weighted by Crippen LogP contribution is -2.26. The van der Waals surface area contributed by atoms with Gasteiger partial charge in [0.25, 0.3) is 5.91 Å². The molecule has 0 unspecified atom stereocenters. The second-order valence-corrected chi connectivity index (χ2v) is 7.48. The van der Waals surface area contributed by atoms with Gasteiger partial charge >= 0.3 is 0 Å². The fourth-order valence-electron chi connectivity index (χ4n) is 2.94. The molecule has 0 saturated carbocycles. The van der Waals surface area contributed by atoms with E-state index >= 15 is 0 Å². The second-order valence-electron chi connectivity index (χ2n) is 7.48. The van der Waals surface area contributed by atoms with Crippen molar-refractivity contribution in [3.05, 3.63) is 77.5 Å². The normalized spacial score (nSPS) is 11.5. The number of hydrogen-bond donors (Lipinski definition) is 0. The molecule has 0 saturated heterocycles. The minimum absolute atomic E-state index is 0.0125. The van der Waals surface area contributed by atoms with Gasteiger partial charge in [0.15, 0.2) is 0 Å². The van der Waals surface area contributed by atoms with E-state index in [1.165, 1.54) is 5.56 Å². The van der Waals surface area contributed by atoms with Crippen LogP contribution in [0.5, 0.6) is 0 Å². The van der Waals surface area contributed by atoms with Crippen LogP contribution in [-0.4, -0.2) is 22.8 Å². The highest BCUT2D eigenvalue weighted by atomic mass is 16.2. The van der Waals surface area contributed by atoms with Crippen LogP contribution >= 0.6 is 0 Å². The maximum Gasteiger partial charge on any atom is 0.254 e. The summed E-state index contributed by atoms with van der Waals surface area (Å²) in [6.07, 6.45) is 1.70. The Morgan fingerprint density at radius 3 is 2.36 bits per heavy atom. The summed E-state index contributed by atoms with van der Waals surface area (Å²) >= 11 is 0. The van der Waals surface area contributed by atoms with E-state index in [-0.39, 0.29) is 11.3 Å². The zero-order valence-corrected chi connectivity index (χ0v) is 15.3. The largest absolute Gasteiger partial charge is 0.337 e. The predicted molar refractivity (Wildman–Crippen MR) is 103 cm³/mol. The Morgan fingerprint density at radius 1 is 1.00 bits per heavy atom. The van der Waals surface area contributed by atoms with Crippen molar-refractivity contribution >= 4 is 16.8 Å². The summed E-state index contributed by atoms with van der Waals surface area (Å²) in [6.45, 7) is 7.19. The summed E-state index contributed by atoms with van der Waals surface area (Å²) in [4.78, 5) is 19.0. The van der Waals surface area contributed by atoms with E-state index in [2.05, 4.69) is 50.0 Å². The first-order chi connectivity index (χ1) is 11.9. The third-order valence-corrected chi connectivity index (χ3v) is 4.47. The van der Waals surface area contributed by atoms with Crippen molar-refractivity contribution < 1.29 is 4.79 Å². The van der Waals surface area contributed by atoms with Gasteiger partial charge in [0.2, 0.25) is 0 Å². The number of nitrogens with zero attached hydrogens (tertiary/aromatic N) is 2. The summed E-state index contributed by atoms with van der Waals surface area (Å²) in [5.41, 5.74) is 4.10. The van der Waals surface area contributed by atoms with Crippen molar-refractivity contribution in [3.63, 3.8) is 0 Å². The first-order valence-corrected chi connectivity index (χ1v) is 8.55. The van der Waals surface area contributed by atoms with Crippen LogP contribution in [0.2, 0.25) is 0 Å². The van der Waals surface area contributed by atoms with Crippen LogP contribution < -0.4 is 0 Å². The van der Waals surface area contributed by atoms with Gasteiger partial charge < -0.3 is 4.90 Å². The van der Waals surface area contributed by atoms with Gasteiger partial charge in [-0.1, -0.05) is 63.2 Å². The third-order valence-electron chi connectivity index (χ3n) is 4.47. The highest BCUT2D eigenvalue weighted by Gasteiger charge is 2.16. The molecule has 0 N–H and O–H groups in total. The van der Waals surface area contributed by atoms with Crippen molar-refractivity contribution in [1.29, 1.82) is 0 Å². The van der Waals surface area contributed by atoms with E-state index in [0.717, 1.165) is 16.5 Å². The number of para-hydroxylation sites is 1. The summed E-state index contributed by atoms with van der Waals surface area (Å²) in [6, 6.07) is 18.0. The number of carbonyl (C=O) groups excluding carboxylic acids is 1. The van der Waals surface area contributed by atoms with Crippen molar-refractivity contribution in [2.75, 3.05) is 7.05 Å². The van der Waals surface area contributed by atoms with Gasteiger partial charge in [-0.05, 0) is 28.7 Å². The van der Waals surface area contributed by atoms with Crippen LogP contribution in [0.15, 0.2) is 60.8 Å². The lowest BCUT2D eigenvalue weighted by Gasteiger charge is -2.21. The Balaban J connectivity index is 1.81. The molecule has 3 rings (SSSR count). The van der Waals surface area contributed by atoms with E-state index in [1.807, 2.05) is 31.3 Å². The number of aromatic nitrogens is 1. The average Bonchev–Trinajstić information content (AvgIpc) is 2.60. The molecule has 25 heavy (non-hydrogen) atoms. The molecule has 0 aliphatic heterocycles. The maximum atomic E-state index is 12.9. The van der Waals surface area contributed by atoms with Crippen LogP contribution in [0.25, 0.3) is 10.9 Å². The summed E-state index contributed by atoms with van der Waals surface area (Å²) in [5.74, 6) is 0.0125. The van der Waals surface area contributed by atoms with E-state index in [0.29, 0.717) is 12.1 Å². The van der Waals surface area contributed by atoms with Gasteiger partial charge in [0.05, 0.1) is 11.1 Å². The van der Waals surface area contributed by atoms with Crippen molar-refractivity contribution in [2.45, 2.75) is 32.7 Å². The van der Waals surface area contributed by atoms with Gasteiger partial charge in [0.1, 0.15) is 0 Å². The van der Waals surface area contributed by atoms with Gasteiger partial charge in [-0.15, -0.1) is 0 Å². The van der Waals surface area contributed by atoms with Crippen LogP contribution in [0.1, 0.15) is 42.3 Å². The van der Waals surface area contributed by atoms with Gasteiger partial charge in [0, 0.05) is 25.2 Å². The molecule has 0 fully saturated rings. The number of fused-ring (bicyclic) bond motifs is 1. The molecule has 3 aromatic rings. The predicted octanol–water partition coefficient (Wildman–Crippen LogP) is 4.80. The molecule has 1 amide bonds. The van der Waals surface area contributed by atoms with Gasteiger partial charge in [-0.3, -0.25) is 9.78 Å². The summed E-state index contributed by atoms with van der Waals surface area (Å²) < 4.78 is 0. The number of pyridine rings is 1. The van der Waals surface area contributed by atoms with Crippen molar-refractivity contribution in [3.8, 4) is 0 Å². The Morgan fingerprint density at radius 2 is 1.68 bits per heavy atom. The first-order valence-electron chi connectivity index (χ1n) is 8.55. The molecule has 0 aliphatic carbocycles. The monoisotopic (exact) mass is 332 g/mol. The Hall–Kier alpha value is -2.68. The average molecular weight is 332 g/mol. The smallest absolute Gasteiger partial charge is 0.254 e. The molecule has 0 radical (unpaired) electrons. The zero-order chi connectivity index (χ0) is 18.0. The number of benzene rings is 2. The van der Waals surface area contributed by atoms with Crippen LogP contribution in [0, 0.1) is 0 Å². The van der Waals surface area contributed by atoms with Crippen molar-refractivity contribution in [1.82, 2.24) is 9.88 Å². The molecular weight excluding hydrogens is 308 g/mol. The van der Waals surface area contributed by atoms with E-state index in [1.54, 1.807) is 17.2 Å². The van der Waals surface area contributed by atoms with E-state index < -0.39 is 0 Å². The lowest BCUT2D eigenvalue weighted by molar-refractivity contribution is 0.0787. The van der Waals surface area contributed by atoms with Crippen LogP contribution in [0.3, 0.4) is 0 Å². The van der Waals surface area contributed by atoms with Gasteiger partial charge in [-0.25, -0.2) is 0 Å². The molecule has 0 spiro atoms. The molecule has 1 aromatic heterocycles. The fourth-order valence-corrected chi connectivity index (χ4v) is 2.94. The van der Waals surface area contributed by atoms with Gasteiger partial charge in [-0.2, -0.15) is 0 Å². The fraction of sp³-hybridized carbons (Fsp3) is 0.273. The molecule has 128 valence electrons. The van der Waals surface area contributed by atoms with Crippen molar-refractivity contribution in [2.24, 2.45) is 0 Å². The standard InChI is InChI=1S/C22H24N2O/c1-22(2,3)17-11-9-16(10-12-17)15-24(4)21(25)19-13-14-23-20-8-6-5-7-18(19)20/h5-14H,15H2,1-4H3. The van der Waals surface area contributed by atoms with Crippen LogP contribution in [-0.2, 0) is 12.0 Å². The molecule has 3 heteroatoms. The number of rotatable bonds is 3. The zero-order valence-electron chi connectivity index (χ0n) is 15.3. The first kappa shape index (κ1) is 17.2. The van der Waals surface area contributed by atoms with E-state index in [9.17, 15) is 4.79 Å². The number of hydrogen-bond acceptors (Lipinski definition) is 2. The molecule has 0 atom stereocenters. The number of amides is 1. The molecule has 0 aliphatic rings.